The second-order valence-electron chi connectivity index (χ2n) is 3.56. The topological polar surface area (TPSA) is 33.4 Å². The van der Waals surface area contributed by atoms with E-state index in [9.17, 15) is 5.11 Å². The predicted molar refractivity (Wildman–Crippen MR) is 50.3 cm³/mol. The van der Waals surface area contributed by atoms with Gasteiger partial charge in [0.25, 0.3) is 0 Å². The molecule has 0 aliphatic heterocycles. The molecule has 0 radical (unpaired) electrons. The van der Waals surface area contributed by atoms with Crippen molar-refractivity contribution in [3.63, 3.8) is 0 Å². The first-order valence-corrected chi connectivity index (χ1v) is 4.69. The van der Waals surface area contributed by atoms with Crippen molar-refractivity contribution in [2.75, 3.05) is 0 Å². The normalized spacial score (nSPS) is 18.8. The summed E-state index contributed by atoms with van der Waals surface area (Å²) >= 11 is 0. The minimum absolute atomic E-state index is 0.444. The van der Waals surface area contributed by atoms with Gasteiger partial charge in [-0.05, 0) is 37.8 Å². The average molecular weight is 178 g/mol. The highest BCUT2D eigenvalue weighted by atomic mass is 16.3. The van der Waals surface area contributed by atoms with Crippen molar-refractivity contribution in [3.05, 3.63) is 35.3 Å². The van der Waals surface area contributed by atoms with Crippen molar-refractivity contribution in [2.45, 2.75) is 32.3 Å². The van der Waals surface area contributed by atoms with Crippen LogP contribution >= 0.6 is 0 Å². The number of aliphatic hydroxyl groups is 1. The Morgan fingerprint density at radius 2 is 2.38 bits per heavy atom. The van der Waals surface area contributed by atoms with Crippen LogP contribution < -0.4 is 0 Å². The maximum Gasteiger partial charge on any atom is 0.103 e. The molecule has 2 rings (SSSR count). The second-order valence-corrected chi connectivity index (χ2v) is 3.56. The highest BCUT2D eigenvalue weighted by molar-refractivity contribution is 5.26. The van der Waals surface area contributed by atoms with Gasteiger partial charge in [0, 0.05) is 5.56 Å². The van der Waals surface area contributed by atoms with Crippen LogP contribution in [0.15, 0.2) is 28.4 Å². The van der Waals surface area contributed by atoms with Crippen molar-refractivity contribution >= 4 is 0 Å². The number of aliphatic hydroxyl groups excluding tert-OH is 1. The molecule has 1 unspecified atom stereocenters. The van der Waals surface area contributed by atoms with Gasteiger partial charge in [-0.2, -0.15) is 0 Å². The number of rotatable bonds is 2. The Morgan fingerprint density at radius 3 is 2.92 bits per heavy atom. The SMILES string of the molecule is Cc1cc(C(O)C2=CCCC2)co1. The quantitative estimate of drug-likeness (QED) is 0.706. The van der Waals surface area contributed by atoms with Crippen molar-refractivity contribution in [3.8, 4) is 0 Å². The van der Waals surface area contributed by atoms with E-state index in [4.69, 9.17) is 4.42 Å². The van der Waals surface area contributed by atoms with Crippen LogP contribution in [-0.4, -0.2) is 5.11 Å². The maximum atomic E-state index is 9.91. The molecule has 1 aliphatic rings. The van der Waals surface area contributed by atoms with Crippen LogP contribution in [0.25, 0.3) is 0 Å². The standard InChI is InChI=1S/C11H14O2/c1-8-6-10(7-13-8)11(12)9-4-2-3-5-9/h4,6-7,11-12H,2-3,5H2,1H3. The van der Waals surface area contributed by atoms with E-state index in [2.05, 4.69) is 6.08 Å². The Hall–Kier alpha value is -1.02. The number of allylic oxidation sites excluding steroid dienone is 1. The fourth-order valence-corrected chi connectivity index (χ4v) is 1.77. The summed E-state index contributed by atoms with van der Waals surface area (Å²) in [5.74, 6) is 0.854. The third kappa shape index (κ3) is 1.68. The van der Waals surface area contributed by atoms with Gasteiger partial charge in [-0.25, -0.2) is 0 Å². The van der Waals surface area contributed by atoms with Gasteiger partial charge in [0.2, 0.25) is 0 Å². The molecule has 2 heteroatoms. The van der Waals surface area contributed by atoms with Gasteiger partial charge in [0.15, 0.2) is 0 Å². The molecule has 0 aromatic carbocycles. The molecule has 1 N–H and O–H groups in total. The molecule has 1 heterocycles. The highest BCUT2D eigenvalue weighted by Crippen LogP contribution is 2.31. The smallest absolute Gasteiger partial charge is 0.103 e. The first-order chi connectivity index (χ1) is 6.27. The van der Waals surface area contributed by atoms with Gasteiger partial charge in [-0.1, -0.05) is 6.08 Å². The lowest BCUT2D eigenvalue weighted by atomic mass is 10.0. The maximum absolute atomic E-state index is 9.91. The third-order valence-electron chi connectivity index (χ3n) is 2.49. The molecule has 0 saturated heterocycles. The molecule has 0 fully saturated rings. The summed E-state index contributed by atoms with van der Waals surface area (Å²) in [6.45, 7) is 1.89. The lowest BCUT2D eigenvalue weighted by Gasteiger charge is -2.08. The molecular weight excluding hydrogens is 164 g/mol. The van der Waals surface area contributed by atoms with E-state index < -0.39 is 6.10 Å². The number of hydrogen-bond acceptors (Lipinski definition) is 2. The Bertz CT molecular complexity index is 323. The van der Waals surface area contributed by atoms with Gasteiger partial charge in [-0.3, -0.25) is 0 Å². The molecule has 0 amide bonds. The zero-order chi connectivity index (χ0) is 9.26. The first-order valence-electron chi connectivity index (χ1n) is 4.69. The van der Waals surface area contributed by atoms with Crippen LogP contribution in [-0.2, 0) is 0 Å². The Labute approximate surface area is 77.9 Å². The highest BCUT2D eigenvalue weighted by Gasteiger charge is 2.17. The molecule has 70 valence electrons. The largest absolute Gasteiger partial charge is 0.469 e. The molecule has 1 atom stereocenters. The monoisotopic (exact) mass is 178 g/mol. The molecule has 0 spiro atoms. The van der Waals surface area contributed by atoms with E-state index in [0.29, 0.717) is 0 Å². The van der Waals surface area contributed by atoms with Crippen molar-refractivity contribution in [1.82, 2.24) is 0 Å². The van der Waals surface area contributed by atoms with Crippen LogP contribution in [0, 0.1) is 6.92 Å². The van der Waals surface area contributed by atoms with E-state index in [1.165, 1.54) is 6.42 Å². The van der Waals surface area contributed by atoms with E-state index in [1.54, 1.807) is 6.26 Å². The van der Waals surface area contributed by atoms with Gasteiger partial charge in [0.1, 0.15) is 11.9 Å². The van der Waals surface area contributed by atoms with Crippen LogP contribution in [0.4, 0.5) is 0 Å². The molecule has 2 nitrogen and oxygen atoms in total. The molecule has 1 aliphatic carbocycles. The third-order valence-corrected chi connectivity index (χ3v) is 2.49. The summed E-state index contributed by atoms with van der Waals surface area (Å²) in [4.78, 5) is 0. The van der Waals surface area contributed by atoms with Crippen molar-refractivity contribution in [1.29, 1.82) is 0 Å². The zero-order valence-electron chi connectivity index (χ0n) is 7.79. The summed E-state index contributed by atoms with van der Waals surface area (Å²) in [6, 6.07) is 1.89. The molecule has 0 bridgehead atoms. The van der Waals surface area contributed by atoms with E-state index in [1.807, 2.05) is 13.0 Å². The minimum Gasteiger partial charge on any atom is -0.469 e. The van der Waals surface area contributed by atoms with Crippen molar-refractivity contribution in [2.24, 2.45) is 0 Å². The number of aryl methyl sites for hydroxylation is 1. The zero-order valence-corrected chi connectivity index (χ0v) is 7.79. The van der Waals surface area contributed by atoms with E-state index in [0.717, 1.165) is 29.7 Å². The fraction of sp³-hybridized carbons (Fsp3) is 0.455. The van der Waals surface area contributed by atoms with Crippen molar-refractivity contribution < 1.29 is 9.52 Å². The second kappa shape index (κ2) is 3.38. The average Bonchev–Trinajstić information content (AvgIpc) is 2.72. The summed E-state index contributed by atoms with van der Waals surface area (Å²) in [7, 11) is 0. The van der Waals surface area contributed by atoms with E-state index in [-0.39, 0.29) is 0 Å². The summed E-state index contributed by atoms with van der Waals surface area (Å²) < 4.78 is 5.16. The predicted octanol–water partition coefficient (Wildman–Crippen LogP) is 2.73. The molecule has 1 aromatic rings. The molecule has 1 aromatic heterocycles. The molecule has 13 heavy (non-hydrogen) atoms. The summed E-state index contributed by atoms with van der Waals surface area (Å²) in [5, 5.41) is 9.91. The Balaban J connectivity index is 2.16. The van der Waals surface area contributed by atoms with Gasteiger partial charge in [0.05, 0.1) is 6.26 Å². The van der Waals surface area contributed by atoms with Crippen LogP contribution in [0.1, 0.15) is 36.7 Å². The van der Waals surface area contributed by atoms with Gasteiger partial charge >= 0.3 is 0 Å². The Morgan fingerprint density at radius 1 is 1.54 bits per heavy atom. The van der Waals surface area contributed by atoms with Crippen LogP contribution in [0.2, 0.25) is 0 Å². The Kier molecular flexibility index (Phi) is 2.23. The summed E-state index contributed by atoms with van der Waals surface area (Å²) in [6.07, 6.45) is 6.62. The van der Waals surface area contributed by atoms with Crippen LogP contribution in [0.3, 0.4) is 0 Å². The number of furan rings is 1. The lowest BCUT2D eigenvalue weighted by Crippen LogP contribution is -1.97. The van der Waals surface area contributed by atoms with Crippen LogP contribution in [0.5, 0.6) is 0 Å². The fourth-order valence-electron chi connectivity index (χ4n) is 1.77. The molecular formula is C11H14O2. The van der Waals surface area contributed by atoms with E-state index >= 15 is 0 Å². The van der Waals surface area contributed by atoms with Gasteiger partial charge in [-0.15, -0.1) is 0 Å². The number of hydrogen-bond donors (Lipinski definition) is 1. The summed E-state index contributed by atoms with van der Waals surface area (Å²) in [5.41, 5.74) is 2.02. The molecule has 0 saturated carbocycles. The van der Waals surface area contributed by atoms with Gasteiger partial charge < -0.3 is 9.52 Å². The lowest BCUT2D eigenvalue weighted by molar-refractivity contribution is 0.211. The first kappa shape index (κ1) is 8.57. The minimum atomic E-state index is -0.444.